The van der Waals surface area contributed by atoms with Crippen LogP contribution in [0.5, 0.6) is 0 Å². The van der Waals surface area contributed by atoms with Gasteiger partial charge in [-0.3, -0.25) is 0 Å². The van der Waals surface area contributed by atoms with E-state index < -0.39 is 0 Å². The minimum absolute atomic E-state index is 0.279. The molecule has 0 heterocycles. The summed E-state index contributed by atoms with van der Waals surface area (Å²) < 4.78 is 0. The lowest BCUT2D eigenvalue weighted by molar-refractivity contribution is 0.749. The molecule has 0 spiro atoms. The van der Waals surface area contributed by atoms with Gasteiger partial charge in [0, 0.05) is 6.04 Å². The second-order valence-electron chi connectivity index (χ2n) is 2.92. The summed E-state index contributed by atoms with van der Waals surface area (Å²) in [7, 11) is 0. The van der Waals surface area contributed by atoms with Crippen molar-refractivity contribution in [3.8, 4) is 0 Å². The number of hydrogen-bond acceptors (Lipinski definition) is 1. The van der Waals surface area contributed by atoms with Crippen molar-refractivity contribution in [2.75, 3.05) is 0 Å². The second-order valence-corrected chi connectivity index (χ2v) is 2.92. The molecule has 0 saturated carbocycles. The van der Waals surface area contributed by atoms with Crippen LogP contribution in [0.2, 0.25) is 0 Å². The fraction of sp³-hybridized carbons (Fsp3) is 0.600. The third kappa shape index (κ3) is 5.86. The quantitative estimate of drug-likeness (QED) is 0.604. The van der Waals surface area contributed by atoms with Crippen molar-refractivity contribution in [1.82, 2.24) is 0 Å². The topological polar surface area (TPSA) is 26.0 Å². The first-order chi connectivity index (χ1) is 5.20. The van der Waals surface area contributed by atoms with Crippen molar-refractivity contribution in [3.63, 3.8) is 0 Å². The molecule has 0 radical (unpaired) electrons. The van der Waals surface area contributed by atoms with Crippen LogP contribution in [0.1, 0.15) is 33.1 Å². The lowest BCUT2D eigenvalue weighted by Crippen LogP contribution is -2.13. The summed E-state index contributed by atoms with van der Waals surface area (Å²) in [5.41, 5.74) is 7.06. The molecule has 0 fully saturated rings. The summed E-state index contributed by atoms with van der Waals surface area (Å²) in [6.07, 6.45) is 7.27. The molecule has 1 heteroatoms. The van der Waals surface area contributed by atoms with Crippen molar-refractivity contribution in [3.05, 3.63) is 24.3 Å². The summed E-state index contributed by atoms with van der Waals surface area (Å²) in [4.78, 5) is 0. The van der Waals surface area contributed by atoms with Crippen molar-refractivity contribution >= 4 is 0 Å². The monoisotopic (exact) mass is 153 g/mol. The molecule has 1 nitrogen and oxygen atoms in total. The van der Waals surface area contributed by atoms with Gasteiger partial charge in [0.1, 0.15) is 0 Å². The highest BCUT2D eigenvalue weighted by atomic mass is 14.6. The van der Waals surface area contributed by atoms with Gasteiger partial charge in [0.2, 0.25) is 0 Å². The average molecular weight is 153 g/mol. The largest absolute Gasteiger partial charge is 0.328 e. The Morgan fingerprint density at radius 2 is 2.27 bits per heavy atom. The van der Waals surface area contributed by atoms with Crippen LogP contribution in [-0.2, 0) is 0 Å². The molecule has 0 aliphatic carbocycles. The van der Waals surface area contributed by atoms with Gasteiger partial charge in [0.15, 0.2) is 0 Å². The van der Waals surface area contributed by atoms with Gasteiger partial charge in [-0.15, -0.1) is 6.58 Å². The first-order valence-electron chi connectivity index (χ1n) is 4.25. The molecule has 64 valence electrons. The van der Waals surface area contributed by atoms with Gasteiger partial charge in [-0.05, 0) is 26.2 Å². The van der Waals surface area contributed by atoms with E-state index in [-0.39, 0.29) is 6.04 Å². The van der Waals surface area contributed by atoms with Crippen molar-refractivity contribution in [1.29, 1.82) is 0 Å². The Labute approximate surface area is 70.0 Å². The molecule has 0 saturated heterocycles. The van der Waals surface area contributed by atoms with Gasteiger partial charge in [0.25, 0.3) is 0 Å². The van der Waals surface area contributed by atoms with Crippen LogP contribution in [0.25, 0.3) is 0 Å². The van der Waals surface area contributed by atoms with E-state index in [1.807, 2.05) is 13.0 Å². The minimum Gasteiger partial charge on any atom is -0.328 e. The lowest BCUT2D eigenvalue weighted by Gasteiger charge is -2.02. The highest BCUT2D eigenvalue weighted by Gasteiger charge is 1.92. The van der Waals surface area contributed by atoms with Crippen LogP contribution in [-0.4, -0.2) is 6.04 Å². The van der Waals surface area contributed by atoms with Gasteiger partial charge in [-0.1, -0.05) is 24.6 Å². The SMILES string of the molecule is C=CC/C(=C\CC(C)N)CC. The normalized spacial score (nSPS) is 14.6. The van der Waals surface area contributed by atoms with E-state index in [4.69, 9.17) is 5.73 Å². The number of rotatable bonds is 5. The lowest BCUT2D eigenvalue weighted by atomic mass is 10.1. The third-order valence-electron chi connectivity index (χ3n) is 1.64. The van der Waals surface area contributed by atoms with Gasteiger partial charge < -0.3 is 5.73 Å². The van der Waals surface area contributed by atoms with E-state index in [0.29, 0.717) is 0 Å². The summed E-state index contributed by atoms with van der Waals surface area (Å²) in [5.74, 6) is 0. The second kappa shape index (κ2) is 6.17. The zero-order valence-electron chi connectivity index (χ0n) is 7.64. The zero-order valence-corrected chi connectivity index (χ0v) is 7.64. The first kappa shape index (κ1) is 10.4. The average Bonchev–Trinajstić information content (AvgIpc) is 1.97. The zero-order chi connectivity index (χ0) is 8.69. The molecule has 0 bridgehead atoms. The fourth-order valence-electron chi connectivity index (χ4n) is 0.910. The van der Waals surface area contributed by atoms with E-state index in [0.717, 1.165) is 19.3 Å². The highest BCUT2D eigenvalue weighted by molar-refractivity contribution is 5.06. The number of allylic oxidation sites excluding steroid dienone is 2. The van der Waals surface area contributed by atoms with Crippen LogP contribution < -0.4 is 5.73 Å². The Morgan fingerprint density at radius 3 is 2.64 bits per heavy atom. The molecule has 0 aromatic heterocycles. The molecule has 1 atom stereocenters. The molecule has 0 aromatic carbocycles. The van der Waals surface area contributed by atoms with Crippen LogP contribution in [0.15, 0.2) is 24.3 Å². The van der Waals surface area contributed by atoms with Gasteiger partial charge in [0.05, 0.1) is 0 Å². The highest BCUT2D eigenvalue weighted by Crippen LogP contribution is 2.08. The Morgan fingerprint density at radius 1 is 1.64 bits per heavy atom. The Bertz CT molecular complexity index is 134. The van der Waals surface area contributed by atoms with E-state index in [1.54, 1.807) is 0 Å². The van der Waals surface area contributed by atoms with E-state index in [9.17, 15) is 0 Å². The predicted octanol–water partition coefficient (Wildman–Crippen LogP) is 2.64. The molecule has 0 aromatic rings. The van der Waals surface area contributed by atoms with E-state index >= 15 is 0 Å². The molecular weight excluding hydrogens is 134 g/mol. The molecule has 0 amide bonds. The summed E-state index contributed by atoms with van der Waals surface area (Å²) in [6, 6.07) is 0.279. The van der Waals surface area contributed by atoms with Crippen molar-refractivity contribution < 1.29 is 0 Å². The molecule has 11 heavy (non-hydrogen) atoms. The summed E-state index contributed by atoms with van der Waals surface area (Å²) >= 11 is 0. The minimum atomic E-state index is 0.279. The van der Waals surface area contributed by atoms with Crippen molar-refractivity contribution in [2.24, 2.45) is 5.73 Å². The Balaban J connectivity index is 3.79. The summed E-state index contributed by atoms with van der Waals surface area (Å²) in [5, 5.41) is 0. The maximum absolute atomic E-state index is 5.62. The molecule has 0 aliphatic heterocycles. The smallest absolute Gasteiger partial charge is 0.00451 e. The standard InChI is InChI=1S/C10H19N/c1-4-6-10(5-2)8-7-9(3)11/h4,8-9H,1,5-7,11H2,2-3H3/b10-8-. The fourth-order valence-corrected chi connectivity index (χ4v) is 0.910. The molecule has 0 aliphatic rings. The number of hydrogen-bond donors (Lipinski definition) is 1. The van der Waals surface area contributed by atoms with Gasteiger partial charge in [-0.25, -0.2) is 0 Å². The van der Waals surface area contributed by atoms with Crippen LogP contribution in [0.3, 0.4) is 0 Å². The van der Waals surface area contributed by atoms with Crippen LogP contribution in [0, 0.1) is 0 Å². The molecular formula is C10H19N. The molecule has 0 rings (SSSR count). The van der Waals surface area contributed by atoms with E-state index in [2.05, 4.69) is 19.6 Å². The predicted molar refractivity (Wildman–Crippen MR) is 51.5 cm³/mol. The first-order valence-corrected chi connectivity index (χ1v) is 4.25. The van der Waals surface area contributed by atoms with Crippen LogP contribution in [0.4, 0.5) is 0 Å². The third-order valence-corrected chi connectivity index (χ3v) is 1.64. The van der Waals surface area contributed by atoms with Gasteiger partial charge in [-0.2, -0.15) is 0 Å². The van der Waals surface area contributed by atoms with E-state index in [1.165, 1.54) is 5.57 Å². The van der Waals surface area contributed by atoms with Crippen LogP contribution >= 0.6 is 0 Å². The molecule has 2 N–H and O–H groups in total. The molecule has 1 unspecified atom stereocenters. The maximum atomic E-state index is 5.62. The van der Waals surface area contributed by atoms with Crippen molar-refractivity contribution in [2.45, 2.75) is 39.2 Å². The summed E-state index contributed by atoms with van der Waals surface area (Å²) in [6.45, 7) is 7.89. The number of nitrogens with two attached hydrogens (primary N) is 1. The Hall–Kier alpha value is -0.560. The van der Waals surface area contributed by atoms with Gasteiger partial charge >= 0.3 is 0 Å². The Kier molecular flexibility index (Phi) is 5.86. The maximum Gasteiger partial charge on any atom is 0.00451 e.